The molecule has 0 aliphatic heterocycles. The maximum absolute atomic E-state index is 5.94. The summed E-state index contributed by atoms with van der Waals surface area (Å²) in [6.45, 7) is 2.53. The molecule has 0 bridgehead atoms. The summed E-state index contributed by atoms with van der Waals surface area (Å²) in [6.07, 6.45) is 0. The maximum Gasteiger partial charge on any atom is 0.130 e. The molecule has 0 fully saturated rings. The van der Waals surface area contributed by atoms with Gasteiger partial charge in [0.2, 0.25) is 0 Å². The van der Waals surface area contributed by atoms with E-state index in [2.05, 4.69) is 24.0 Å². The van der Waals surface area contributed by atoms with Crippen LogP contribution in [0.15, 0.2) is 36.4 Å². The molecule has 1 heterocycles. The average molecular weight is 233 g/mol. The molecule has 0 saturated heterocycles. The number of aromatic nitrogens is 1. The molecule has 0 spiro atoms. The smallest absolute Gasteiger partial charge is 0.130 e. The van der Waals surface area contributed by atoms with Gasteiger partial charge in [-0.05, 0) is 24.6 Å². The van der Waals surface area contributed by atoms with Gasteiger partial charge in [0.15, 0.2) is 0 Å². The minimum absolute atomic E-state index is 0.473. The first-order valence-corrected chi connectivity index (χ1v) is 5.50. The molecule has 0 aliphatic carbocycles. The number of halogens is 1. The molecule has 1 aromatic heterocycles. The second-order valence-corrected chi connectivity index (χ2v) is 4.14. The van der Waals surface area contributed by atoms with Crippen molar-refractivity contribution < 1.29 is 0 Å². The van der Waals surface area contributed by atoms with Crippen molar-refractivity contribution in [3.63, 3.8) is 0 Å². The van der Waals surface area contributed by atoms with Crippen LogP contribution in [0.3, 0.4) is 0 Å². The molecule has 0 unspecified atom stereocenters. The van der Waals surface area contributed by atoms with Gasteiger partial charge >= 0.3 is 0 Å². The Labute approximate surface area is 100 Å². The van der Waals surface area contributed by atoms with Crippen molar-refractivity contribution in [2.45, 2.75) is 13.5 Å². The largest absolute Gasteiger partial charge is 0.326 e. The lowest BCUT2D eigenvalue weighted by atomic mass is 10.1. The number of pyridine rings is 1. The Kier molecular flexibility index (Phi) is 3.22. The number of nitrogens with two attached hydrogens (primary N) is 1. The molecule has 0 aliphatic rings. The van der Waals surface area contributed by atoms with Crippen LogP contribution in [0.5, 0.6) is 0 Å². The highest BCUT2D eigenvalue weighted by atomic mass is 35.5. The summed E-state index contributed by atoms with van der Waals surface area (Å²) < 4.78 is 0. The van der Waals surface area contributed by atoms with Crippen molar-refractivity contribution in [2.75, 3.05) is 0 Å². The van der Waals surface area contributed by atoms with Crippen molar-refractivity contribution in [3.05, 3.63) is 52.7 Å². The average Bonchev–Trinajstić information content (AvgIpc) is 2.29. The molecule has 2 nitrogen and oxygen atoms in total. The van der Waals surface area contributed by atoms with E-state index in [1.165, 1.54) is 5.56 Å². The van der Waals surface area contributed by atoms with Crippen LogP contribution in [0.2, 0.25) is 5.15 Å². The predicted molar refractivity (Wildman–Crippen MR) is 67.3 cm³/mol. The van der Waals surface area contributed by atoms with Gasteiger partial charge in [-0.2, -0.15) is 0 Å². The Morgan fingerprint density at radius 2 is 1.88 bits per heavy atom. The number of hydrogen-bond acceptors (Lipinski definition) is 2. The van der Waals surface area contributed by atoms with Gasteiger partial charge in [0.25, 0.3) is 0 Å². The van der Waals surface area contributed by atoms with E-state index < -0.39 is 0 Å². The van der Waals surface area contributed by atoms with E-state index in [-0.39, 0.29) is 0 Å². The van der Waals surface area contributed by atoms with Crippen molar-refractivity contribution >= 4 is 11.6 Å². The summed E-state index contributed by atoms with van der Waals surface area (Å²) in [5.41, 5.74) is 9.75. The van der Waals surface area contributed by atoms with Gasteiger partial charge in [-0.1, -0.05) is 41.4 Å². The first-order valence-electron chi connectivity index (χ1n) is 5.12. The fourth-order valence-electron chi connectivity index (χ4n) is 1.54. The van der Waals surface area contributed by atoms with Crippen LogP contribution in [0, 0.1) is 6.92 Å². The lowest BCUT2D eigenvalue weighted by Crippen LogP contribution is -1.97. The van der Waals surface area contributed by atoms with E-state index in [9.17, 15) is 0 Å². The minimum Gasteiger partial charge on any atom is -0.326 e. The zero-order chi connectivity index (χ0) is 11.5. The molecular weight excluding hydrogens is 220 g/mol. The maximum atomic E-state index is 5.94. The fraction of sp³-hybridized carbons (Fsp3) is 0.154. The zero-order valence-electron chi connectivity index (χ0n) is 9.07. The van der Waals surface area contributed by atoms with Crippen LogP contribution < -0.4 is 5.73 Å². The van der Waals surface area contributed by atoms with E-state index >= 15 is 0 Å². The molecule has 2 rings (SSSR count). The Morgan fingerprint density at radius 1 is 1.19 bits per heavy atom. The summed E-state index contributed by atoms with van der Waals surface area (Å²) in [4.78, 5) is 4.29. The van der Waals surface area contributed by atoms with Crippen LogP contribution in [0.4, 0.5) is 0 Å². The molecule has 3 heteroatoms. The first-order chi connectivity index (χ1) is 7.69. The van der Waals surface area contributed by atoms with Gasteiger partial charge in [-0.25, -0.2) is 4.98 Å². The van der Waals surface area contributed by atoms with Gasteiger partial charge in [0.05, 0.1) is 5.69 Å². The van der Waals surface area contributed by atoms with E-state index in [4.69, 9.17) is 17.3 Å². The molecule has 2 aromatic rings. The molecule has 2 N–H and O–H groups in total. The number of nitrogens with zero attached hydrogens (tertiary/aromatic N) is 1. The molecule has 0 saturated carbocycles. The number of aryl methyl sites for hydroxylation is 1. The minimum atomic E-state index is 0.473. The highest BCUT2D eigenvalue weighted by Gasteiger charge is 2.02. The molecule has 0 atom stereocenters. The van der Waals surface area contributed by atoms with Gasteiger partial charge in [0.1, 0.15) is 5.15 Å². The summed E-state index contributed by atoms with van der Waals surface area (Å²) in [6, 6.07) is 11.9. The first kappa shape index (κ1) is 11.1. The van der Waals surface area contributed by atoms with Crippen molar-refractivity contribution in [1.82, 2.24) is 4.98 Å². The van der Waals surface area contributed by atoms with Crippen LogP contribution >= 0.6 is 11.6 Å². The Hall–Kier alpha value is -1.38. The third kappa shape index (κ3) is 2.40. The van der Waals surface area contributed by atoms with Crippen LogP contribution in [-0.2, 0) is 6.54 Å². The van der Waals surface area contributed by atoms with E-state index in [1.54, 1.807) is 6.07 Å². The SMILES string of the molecule is Cc1ccc(-c2cc(CN)cc(Cl)n2)cc1. The lowest BCUT2D eigenvalue weighted by molar-refractivity contribution is 1.06. The van der Waals surface area contributed by atoms with Gasteiger partial charge in [-0.15, -0.1) is 0 Å². The highest BCUT2D eigenvalue weighted by molar-refractivity contribution is 6.29. The number of hydrogen-bond donors (Lipinski definition) is 1. The number of rotatable bonds is 2. The number of benzene rings is 1. The topological polar surface area (TPSA) is 38.9 Å². The lowest BCUT2D eigenvalue weighted by Gasteiger charge is -2.05. The normalized spacial score (nSPS) is 10.4. The second-order valence-electron chi connectivity index (χ2n) is 3.75. The zero-order valence-corrected chi connectivity index (χ0v) is 9.83. The summed E-state index contributed by atoms with van der Waals surface area (Å²) in [5, 5.41) is 0.485. The van der Waals surface area contributed by atoms with E-state index in [0.717, 1.165) is 16.8 Å². The second kappa shape index (κ2) is 4.64. The Morgan fingerprint density at radius 3 is 2.50 bits per heavy atom. The van der Waals surface area contributed by atoms with E-state index in [1.807, 2.05) is 18.2 Å². The van der Waals surface area contributed by atoms with Crippen molar-refractivity contribution in [3.8, 4) is 11.3 Å². The third-order valence-electron chi connectivity index (χ3n) is 2.44. The van der Waals surface area contributed by atoms with Crippen molar-refractivity contribution in [2.24, 2.45) is 5.73 Å². The summed E-state index contributed by atoms with van der Waals surface area (Å²) in [7, 11) is 0. The predicted octanol–water partition coefficient (Wildman–Crippen LogP) is 3.17. The standard InChI is InChI=1S/C13H13ClN2/c1-9-2-4-11(5-3-9)12-6-10(8-15)7-13(14)16-12/h2-7H,8,15H2,1H3. The summed E-state index contributed by atoms with van der Waals surface area (Å²) >= 11 is 5.94. The quantitative estimate of drug-likeness (QED) is 0.808. The van der Waals surface area contributed by atoms with Crippen LogP contribution in [-0.4, -0.2) is 4.98 Å². The molecular formula is C13H13ClN2. The fourth-order valence-corrected chi connectivity index (χ4v) is 1.77. The molecule has 1 aromatic carbocycles. The summed E-state index contributed by atoms with van der Waals surface area (Å²) in [5.74, 6) is 0. The van der Waals surface area contributed by atoms with Gasteiger partial charge in [-0.3, -0.25) is 0 Å². The van der Waals surface area contributed by atoms with Gasteiger partial charge in [0, 0.05) is 12.1 Å². The van der Waals surface area contributed by atoms with Gasteiger partial charge < -0.3 is 5.73 Å². The molecule has 0 radical (unpaired) electrons. The monoisotopic (exact) mass is 232 g/mol. The van der Waals surface area contributed by atoms with Crippen LogP contribution in [0.25, 0.3) is 11.3 Å². The highest BCUT2D eigenvalue weighted by Crippen LogP contribution is 2.21. The Balaban J connectivity index is 2.47. The Bertz CT molecular complexity index is 492. The van der Waals surface area contributed by atoms with Crippen LogP contribution in [0.1, 0.15) is 11.1 Å². The molecule has 82 valence electrons. The van der Waals surface area contributed by atoms with Crippen molar-refractivity contribution in [1.29, 1.82) is 0 Å². The third-order valence-corrected chi connectivity index (χ3v) is 2.63. The molecule has 0 amide bonds. The molecule has 16 heavy (non-hydrogen) atoms. The van der Waals surface area contributed by atoms with E-state index in [0.29, 0.717) is 11.7 Å².